The average Bonchev–Trinajstić information content (AvgIpc) is 2.62. The largest absolute Gasteiger partial charge is 0.466 e. The Morgan fingerprint density at radius 1 is 1.46 bits per heavy atom. The smallest absolute Gasteiger partial charge is 0.310 e. The molecule has 3 nitrogen and oxygen atoms in total. The fourth-order valence-electron chi connectivity index (χ4n) is 2.61. The minimum Gasteiger partial charge on any atom is -0.466 e. The lowest BCUT2D eigenvalue weighted by Gasteiger charge is -2.18. The number of rotatable bonds is 2. The van der Waals surface area contributed by atoms with Crippen LogP contribution < -0.4 is 0 Å². The van der Waals surface area contributed by atoms with Crippen LogP contribution in [-0.4, -0.2) is 36.6 Å². The van der Waals surface area contributed by atoms with Crippen molar-refractivity contribution in [2.45, 2.75) is 32.2 Å². The minimum absolute atomic E-state index is 0.0249. The van der Waals surface area contributed by atoms with Crippen molar-refractivity contribution in [3.05, 3.63) is 0 Å². The molecular formula is C10H17NO2. The molecular weight excluding hydrogens is 166 g/mol. The van der Waals surface area contributed by atoms with Crippen LogP contribution in [0.15, 0.2) is 0 Å². The highest BCUT2D eigenvalue weighted by molar-refractivity contribution is 5.73. The monoisotopic (exact) mass is 183 g/mol. The molecule has 2 atom stereocenters. The summed E-state index contributed by atoms with van der Waals surface area (Å²) in [6.45, 7) is 4.66. The first-order chi connectivity index (χ1) is 6.33. The van der Waals surface area contributed by atoms with Gasteiger partial charge in [-0.2, -0.15) is 0 Å². The van der Waals surface area contributed by atoms with E-state index in [9.17, 15) is 4.79 Å². The summed E-state index contributed by atoms with van der Waals surface area (Å²) in [5.74, 6) is 0.194. The fraction of sp³-hybridized carbons (Fsp3) is 0.900. The molecule has 0 aromatic rings. The van der Waals surface area contributed by atoms with Crippen LogP contribution in [0.2, 0.25) is 0 Å². The summed E-state index contributed by atoms with van der Waals surface area (Å²) in [5.41, 5.74) is 0. The number of carbonyl (C=O) groups excluding carboxylic acids is 1. The molecule has 0 bridgehead atoms. The maximum absolute atomic E-state index is 11.5. The van der Waals surface area contributed by atoms with Crippen LogP contribution in [0, 0.1) is 5.92 Å². The lowest BCUT2D eigenvalue weighted by Crippen LogP contribution is -2.31. The standard InChI is InChI=1S/C10H17NO2/c1-2-13-10(12)8-5-7-11-6-3-4-9(8)11/h8-9H,2-7H2,1H3/t8-,9-/m1/s1. The van der Waals surface area contributed by atoms with Crippen LogP contribution >= 0.6 is 0 Å². The maximum Gasteiger partial charge on any atom is 0.310 e. The van der Waals surface area contributed by atoms with E-state index in [-0.39, 0.29) is 11.9 Å². The SMILES string of the molecule is CCOC(=O)[C@@H]1CCN2CCC[C@H]12. The minimum atomic E-state index is 0.0249. The third-order valence-corrected chi connectivity index (χ3v) is 3.20. The first kappa shape index (κ1) is 9.00. The van der Waals surface area contributed by atoms with Gasteiger partial charge in [0.05, 0.1) is 12.5 Å². The molecule has 0 spiro atoms. The van der Waals surface area contributed by atoms with Crippen LogP contribution in [0.3, 0.4) is 0 Å². The summed E-state index contributed by atoms with van der Waals surface area (Å²) < 4.78 is 5.07. The number of ether oxygens (including phenoxy) is 1. The van der Waals surface area contributed by atoms with Crippen LogP contribution in [0.25, 0.3) is 0 Å². The zero-order valence-corrected chi connectivity index (χ0v) is 8.16. The van der Waals surface area contributed by atoms with E-state index in [0.29, 0.717) is 12.6 Å². The van der Waals surface area contributed by atoms with Crippen LogP contribution in [-0.2, 0) is 9.53 Å². The predicted octanol–water partition coefficient (Wildman–Crippen LogP) is 1.03. The summed E-state index contributed by atoms with van der Waals surface area (Å²) in [6, 6.07) is 0.499. The van der Waals surface area contributed by atoms with E-state index in [4.69, 9.17) is 4.74 Å². The Morgan fingerprint density at radius 3 is 3.08 bits per heavy atom. The Kier molecular flexibility index (Phi) is 2.54. The van der Waals surface area contributed by atoms with Gasteiger partial charge in [0.25, 0.3) is 0 Å². The zero-order chi connectivity index (χ0) is 9.26. The van der Waals surface area contributed by atoms with E-state index in [1.54, 1.807) is 0 Å². The summed E-state index contributed by atoms with van der Waals surface area (Å²) in [7, 11) is 0. The molecule has 0 amide bonds. The van der Waals surface area contributed by atoms with Crippen molar-refractivity contribution in [3.8, 4) is 0 Å². The lowest BCUT2D eigenvalue weighted by molar-refractivity contribution is -0.148. The summed E-state index contributed by atoms with van der Waals surface area (Å²) in [6.07, 6.45) is 3.44. The first-order valence-electron chi connectivity index (χ1n) is 5.23. The molecule has 0 N–H and O–H groups in total. The molecule has 13 heavy (non-hydrogen) atoms. The van der Waals surface area contributed by atoms with Crippen molar-refractivity contribution in [1.82, 2.24) is 4.90 Å². The molecule has 0 radical (unpaired) electrons. The normalized spacial score (nSPS) is 33.3. The van der Waals surface area contributed by atoms with Crippen molar-refractivity contribution >= 4 is 5.97 Å². The quantitative estimate of drug-likeness (QED) is 0.599. The van der Waals surface area contributed by atoms with Gasteiger partial charge >= 0.3 is 5.97 Å². The van der Waals surface area contributed by atoms with Crippen molar-refractivity contribution in [2.75, 3.05) is 19.7 Å². The summed E-state index contributed by atoms with van der Waals surface area (Å²) in [4.78, 5) is 14.0. The number of carbonyl (C=O) groups is 1. The Bertz CT molecular complexity index is 205. The Balaban J connectivity index is 1.96. The van der Waals surface area contributed by atoms with E-state index in [2.05, 4.69) is 4.90 Å². The topological polar surface area (TPSA) is 29.5 Å². The second-order valence-corrected chi connectivity index (χ2v) is 3.89. The Morgan fingerprint density at radius 2 is 2.31 bits per heavy atom. The van der Waals surface area contributed by atoms with E-state index in [0.717, 1.165) is 13.0 Å². The van der Waals surface area contributed by atoms with E-state index in [1.807, 2.05) is 6.92 Å². The van der Waals surface area contributed by atoms with Crippen molar-refractivity contribution in [1.29, 1.82) is 0 Å². The van der Waals surface area contributed by atoms with Gasteiger partial charge in [0.1, 0.15) is 0 Å². The fourth-order valence-corrected chi connectivity index (χ4v) is 2.61. The van der Waals surface area contributed by atoms with Gasteiger partial charge in [-0.25, -0.2) is 0 Å². The average molecular weight is 183 g/mol. The summed E-state index contributed by atoms with van der Waals surface area (Å²) in [5, 5.41) is 0. The van der Waals surface area contributed by atoms with Gasteiger partial charge < -0.3 is 4.74 Å². The highest BCUT2D eigenvalue weighted by atomic mass is 16.5. The third kappa shape index (κ3) is 1.57. The molecule has 0 saturated carbocycles. The van der Waals surface area contributed by atoms with Gasteiger partial charge in [-0.3, -0.25) is 9.69 Å². The van der Waals surface area contributed by atoms with E-state index < -0.39 is 0 Å². The third-order valence-electron chi connectivity index (χ3n) is 3.20. The molecule has 0 unspecified atom stereocenters. The number of hydrogen-bond acceptors (Lipinski definition) is 3. The molecule has 2 rings (SSSR count). The van der Waals surface area contributed by atoms with Gasteiger partial charge in [0.2, 0.25) is 0 Å². The van der Waals surface area contributed by atoms with E-state index >= 15 is 0 Å². The first-order valence-corrected chi connectivity index (χ1v) is 5.23. The van der Waals surface area contributed by atoms with Crippen LogP contribution in [0.1, 0.15) is 26.2 Å². The Labute approximate surface area is 79.0 Å². The number of hydrogen-bond donors (Lipinski definition) is 0. The summed E-state index contributed by atoms with van der Waals surface area (Å²) >= 11 is 0. The second kappa shape index (κ2) is 3.66. The van der Waals surface area contributed by atoms with Crippen molar-refractivity contribution in [2.24, 2.45) is 5.92 Å². The maximum atomic E-state index is 11.5. The number of nitrogens with zero attached hydrogens (tertiary/aromatic N) is 1. The molecule has 0 aliphatic carbocycles. The van der Waals surface area contributed by atoms with Crippen molar-refractivity contribution < 1.29 is 9.53 Å². The second-order valence-electron chi connectivity index (χ2n) is 3.89. The molecule has 0 aromatic heterocycles. The predicted molar refractivity (Wildman–Crippen MR) is 49.3 cm³/mol. The highest BCUT2D eigenvalue weighted by Gasteiger charge is 2.41. The van der Waals surface area contributed by atoms with Gasteiger partial charge in [0.15, 0.2) is 0 Å². The van der Waals surface area contributed by atoms with Gasteiger partial charge in [-0.15, -0.1) is 0 Å². The molecule has 2 aliphatic rings. The van der Waals surface area contributed by atoms with Gasteiger partial charge in [0, 0.05) is 6.04 Å². The highest BCUT2D eigenvalue weighted by Crippen LogP contribution is 2.33. The molecule has 2 aliphatic heterocycles. The molecule has 3 heteroatoms. The number of esters is 1. The molecule has 2 heterocycles. The van der Waals surface area contributed by atoms with Crippen molar-refractivity contribution in [3.63, 3.8) is 0 Å². The number of fused-ring (bicyclic) bond motifs is 1. The molecule has 0 aromatic carbocycles. The zero-order valence-electron chi connectivity index (χ0n) is 8.16. The van der Waals surface area contributed by atoms with Gasteiger partial charge in [-0.05, 0) is 39.3 Å². The lowest BCUT2D eigenvalue weighted by atomic mass is 9.99. The molecule has 74 valence electrons. The van der Waals surface area contributed by atoms with Crippen LogP contribution in [0.4, 0.5) is 0 Å². The van der Waals surface area contributed by atoms with E-state index in [1.165, 1.54) is 19.4 Å². The Hall–Kier alpha value is -0.570. The van der Waals surface area contributed by atoms with Gasteiger partial charge in [-0.1, -0.05) is 0 Å². The van der Waals surface area contributed by atoms with Crippen LogP contribution in [0.5, 0.6) is 0 Å². The molecule has 2 fully saturated rings. The molecule has 2 saturated heterocycles.